The van der Waals surface area contributed by atoms with Gasteiger partial charge in [0.2, 0.25) is 0 Å². The van der Waals surface area contributed by atoms with Crippen molar-refractivity contribution in [3.8, 4) is 5.75 Å². The Hall–Kier alpha value is -1.17. The van der Waals surface area contributed by atoms with Crippen molar-refractivity contribution in [3.05, 3.63) is 29.6 Å². The molecule has 4 N–H and O–H groups in total. The molecule has 1 atom stereocenters. The van der Waals surface area contributed by atoms with E-state index in [2.05, 4.69) is 5.32 Å². The molecule has 96 valence electrons. The van der Waals surface area contributed by atoms with E-state index in [0.717, 1.165) is 5.56 Å². The third kappa shape index (κ3) is 4.68. The Morgan fingerprint density at radius 2 is 2.29 bits per heavy atom. The molecular weight excluding hydrogens is 223 g/mol. The van der Waals surface area contributed by atoms with Crippen molar-refractivity contribution in [2.24, 2.45) is 5.73 Å². The van der Waals surface area contributed by atoms with Crippen molar-refractivity contribution in [1.29, 1.82) is 0 Å². The average molecular weight is 242 g/mol. The first-order valence-electron chi connectivity index (χ1n) is 5.58. The molecule has 1 aromatic carbocycles. The lowest BCUT2D eigenvalue weighted by molar-refractivity contribution is 0.180. The van der Waals surface area contributed by atoms with Crippen molar-refractivity contribution in [2.75, 3.05) is 26.7 Å². The lowest BCUT2D eigenvalue weighted by atomic mass is 10.1. The zero-order valence-electron chi connectivity index (χ0n) is 9.95. The highest BCUT2D eigenvalue weighted by atomic mass is 19.1. The van der Waals surface area contributed by atoms with Gasteiger partial charge in [-0.3, -0.25) is 0 Å². The van der Waals surface area contributed by atoms with Crippen LogP contribution in [-0.4, -0.2) is 38.0 Å². The van der Waals surface area contributed by atoms with Crippen molar-refractivity contribution in [1.82, 2.24) is 5.32 Å². The summed E-state index contributed by atoms with van der Waals surface area (Å²) in [5, 5.41) is 12.3. The van der Waals surface area contributed by atoms with E-state index in [1.165, 1.54) is 13.2 Å². The molecule has 4 nitrogen and oxygen atoms in total. The molecule has 0 radical (unpaired) electrons. The quantitative estimate of drug-likeness (QED) is 0.601. The first-order chi connectivity index (χ1) is 8.17. The topological polar surface area (TPSA) is 67.5 Å². The van der Waals surface area contributed by atoms with Crippen LogP contribution in [0, 0.1) is 5.82 Å². The van der Waals surface area contributed by atoms with Gasteiger partial charge in [0.05, 0.1) is 13.2 Å². The highest BCUT2D eigenvalue weighted by Crippen LogP contribution is 2.17. The van der Waals surface area contributed by atoms with Crippen molar-refractivity contribution in [3.63, 3.8) is 0 Å². The number of nitrogens with two attached hydrogens (primary N) is 1. The number of benzene rings is 1. The first kappa shape index (κ1) is 13.9. The fraction of sp³-hybridized carbons (Fsp3) is 0.500. The largest absolute Gasteiger partial charge is 0.494 e. The SMILES string of the molecule is COc1ccc(CCNCC(O)CN)cc1F. The minimum atomic E-state index is -0.525. The van der Waals surface area contributed by atoms with Gasteiger partial charge < -0.3 is 20.9 Å². The van der Waals surface area contributed by atoms with Crippen LogP contribution in [0.3, 0.4) is 0 Å². The van der Waals surface area contributed by atoms with Gasteiger partial charge in [0, 0.05) is 13.1 Å². The van der Waals surface area contributed by atoms with Crippen LogP contribution >= 0.6 is 0 Å². The van der Waals surface area contributed by atoms with E-state index < -0.39 is 6.10 Å². The molecule has 5 heteroatoms. The molecule has 0 amide bonds. The number of halogens is 1. The summed E-state index contributed by atoms with van der Waals surface area (Å²) < 4.78 is 18.2. The zero-order valence-corrected chi connectivity index (χ0v) is 9.95. The summed E-state index contributed by atoms with van der Waals surface area (Å²) in [6.07, 6.45) is 0.167. The molecule has 1 unspecified atom stereocenters. The molecule has 0 aliphatic carbocycles. The monoisotopic (exact) mass is 242 g/mol. The van der Waals surface area contributed by atoms with Crippen LogP contribution in [-0.2, 0) is 6.42 Å². The molecule has 0 saturated carbocycles. The van der Waals surface area contributed by atoms with Crippen LogP contribution in [0.5, 0.6) is 5.75 Å². The average Bonchev–Trinajstić information content (AvgIpc) is 2.34. The van der Waals surface area contributed by atoms with Crippen LogP contribution < -0.4 is 15.8 Å². The molecule has 1 rings (SSSR count). The second-order valence-electron chi connectivity index (χ2n) is 3.81. The van der Waals surface area contributed by atoms with E-state index in [0.29, 0.717) is 19.5 Å². The molecule has 0 aliphatic heterocycles. The number of hydrogen-bond acceptors (Lipinski definition) is 4. The van der Waals surface area contributed by atoms with Crippen molar-refractivity contribution < 1.29 is 14.2 Å². The fourth-order valence-corrected chi connectivity index (χ4v) is 1.45. The molecule has 0 saturated heterocycles. The summed E-state index contributed by atoms with van der Waals surface area (Å²) in [6, 6.07) is 4.89. The Kier molecular flexibility index (Phi) is 5.90. The summed E-state index contributed by atoms with van der Waals surface area (Å²) in [4.78, 5) is 0. The molecule has 0 aliphatic rings. The second kappa shape index (κ2) is 7.21. The van der Waals surface area contributed by atoms with Gasteiger partial charge in [-0.05, 0) is 30.7 Å². The normalized spacial score (nSPS) is 12.5. The summed E-state index contributed by atoms with van der Waals surface area (Å²) in [7, 11) is 1.44. The zero-order chi connectivity index (χ0) is 12.7. The number of ether oxygens (including phenoxy) is 1. The minimum absolute atomic E-state index is 0.240. The number of aliphatic hydroxyl groups excluding tert-OH is 1. The summed E-state index contributed by atoms with van der Waals surface area (Å²) in [6.45, 7) is 1.36. The fourth-order valence-electron chi connectivity index (χ4n) is 1.45. The highest BCUT2D eigenvalue weighted by Gasteiger charge is 2.04. The van der Waals surface area contributed by atoms with E-state index in [1.54, 1.807) is 6.07 Å². The van der Waals surface area contributed by atoms with Gasteiger partial charge in [0.25, 0.3) is 0 Å². The van der Waals surface area contributed by atoms with Gasteiger partial charge in [0.1, 0.15) is 0 Å². The van der Waals surface area contributed by atoms with E-state index in [-0.39, 0.29) is 18.1 Å². The standard InChI is InChI=1S/C12H19FN2O2/c1-17-12-3-2-9(6-11(12)13)4-5-15-8-10(16)7-14/h2-3,6,10,15-16H,4-5,7-8,14H2,1H3. The summed E-state index contributed by atoms with van der Waals surface area (Å²) in [5.74, 6) is -0.104. The van der Waals surface area contributed by atoms with Gasteiger partial charge in [-0.2, -0.15) is 0 Å². The van der Waals surface area contributed by atoms with Gasteiger partial charge >= 0.3 is 0 Å². The Balaban J connectivity index is 2.34. The number of methoxy groups -OCH3 is 1. The van der Waals surface area contributed by atoms with Crippen LogP contribution in [0.2, 0.25) is 0 Å². The number of aliphatic hydroxyl groups is 1. The van der Waals surface area contributed by atoms with Crippen LogP contribution in [0.4, 0.5) is 4.39 Å². The van der Waals surface area contributed by atoms with Crippen molar-refractivity contribution >= 4 is 0 Å². The van der Waals surface area contributed by atoms with Crippen molar-refractivity contribution in [2.45, 2.75) is 12.5 Å². The molecule has 0 heterocycles. The smallest absolute Gasteiger partial charge is 0.165 e. The summed E-state index contributed by atoms with van der Waals surface area (Å²) in [5.41, 5.74) is 6.15. The lowest BCUT2D eigenvalue weighted by Gasteiger charge is -2.09. The predicted octanol–water partition coefficient (Wildman–Crippen LogP) is 0.286. The van der Waals surface area contributed by atoms with Gasteiger partial charge in [-0.25, -0.2) is 4.39 Å². The predicted molar refractivity (Wildman–Crippen MR) is 64.6 cm³/mol. The Morgan fingerprint density at radius 3 is 2.88 bits per heavy atom. The molecule has 17 heavy (non-hydrogen) atoms. The third-order valence-corrected chi connectivity index (χ3v) is 2.46. The van der Waals surface area contributed by atoms with E-state index in [1.807, 2.05) is 6.07 Å². The third-order valence-electron chi connectivity index (χ3n) is 2.46. The van der Waals surface area contributed by atoms with E-state index in [9.17, 15) is 9.50 Å². The van der Waals surface area contributed by atoms with E-state index >= 15 is 0 Å². The van der Waals surface area contributed by atoms with Gasteiger partial charge in [-0.1, -0.05) is 6.07 Å². The Morgan fingerprint density at radius 1 is 1.53 bits per heavy atom. The second-order valence-corrected chi connectivity index (χ2v) is 3.81. The summed E-state index contributed by atoms with van der Waals surface area (Å²) >= 11 is 0. The number of rotatable bonds is 7. The number of nitrogens with one attached hydrogen (secondary N) is 1. The molecule has 0 spiro atoms. The first-order valence-corrected chi connectivity index (χ1v) is 5.58. The maximum atomic E-state index is 13.3. The van der Waals surface area contributed by atoms with Crippen LogP contribution in [0.15, 0.2) is 18.2 Å². The molecular formula is C12H19FN2O2. The van der Waals surface area contributed by atoms with Crippen LogP contribution in [0.1, 0.15) is 5.56 Å². The molecule has 0 fully saturated rings. The maximum Gasteiger partial charge on any atom is 0.165 e. The molecule has 0 bridgehead atoms. The number of hydrogen-bond donors (Lipinski definition) is 3. The Labute approximate surface area is 101 Å². The Bertz CT molecular complexity index is 347. The minimum Gasteiger partial charge on any atom is -0.494 e. The highest BCUT2D eigenvalue weighted by molar-refractivity contribution is 5.29. The lowest BCUT2D eigenvalue weighted by Crippen LogP contribution is -2.33. The molecule has 1 aromatic rings. The van der Waals surface area contributed by atoms with Gasteiger partial charge in [0.15, 0.2) is 11.6 Å². The molecule has 0 aromatic heterocycles. The maximum absolute atomic E-state index is 13.3. The van der Waals surface area contributed by atoms with Crippen LogP contribution in [0.25, 0.3) is 0 Å². The van der Waals surface area contributed by atoms with E-state index in [4.69, 9.17) is 10.5 Å². The van der Waals surface area contributed by atoms with Gasteiger partial charge in [-0.15, -0.1) is 0 Å².